The molecule has 1 heterocycles. The zero-order valence-electron chi connectivity index (χ0n) is 26.1. The summed E-state index contributed by atoms with van der Waals surface area (Å²) in [5, 5.41) is 25.1. The number of aliphatic hydroxyl groups excluding tert-OH is 1. The summed E-state index contributed by atoms with van der Waals surface area (Å²) in [6.45, 7) is 8.66. The summed E-state index contributed by atoms with van der Waals surface area (Å²) in [5.41, 5.74) is 2.28. The van der Waals surface area contributed by atoms with Crippen molar-refractivity contribution in [3.63, 3.8) is 0 Å². The van der Waals surface area contributed by atoms with Crippen LogP contribution in [0.1, 0.15) is 56.5 Å². The van der Waals surface area contributed by atoms with Gasteiger partial charge in [-0.05, 0) is 78.8 Å². The zero-order chi connectivity index (χ0) is 31.4. The van der Waals surface area contributed by atoms with Gasteiger partial charge in [-0.3, -0.25) is 9.63 Å². The molecule has 4 fully saturated rings. The number of nitrogens with zero attached hydrogens (tertiary/aromatic N) is 2. The maximum atomic E-state index is 15.2. The van der Waals surface area contributed by atoms with Crippen molar-refractivity contribution in [2.45, 2.75) is 65.3 Å². The minimum Gasteiger partial charge on any atom is -0.496 e. The van der Waals surface area contributed by atoms with Crippen molar-refractivity contribution < 1.29 is 33.8 Å². The molecule has 7 atom stereocenters. The third kappa shape index (κ3) is 5.72. The highest BCUT2D eigenvalue weighted by molar-refractivity contribution is 5.92. The smallest absolute Gasteiger partial charge is 0.335 e. The second-order valence-electron chi connectivity index (χ2n) is 13.4. The molecule has 1 saturated heterocycles. The fourth-order valence-electron chi connectivity index (χ4n) is 7.59. The summed E-state index contributed by atoms with van der Waals surface area (Å²) in [6.07, 6.45) is 1.32. The number of ether oxygens (including phenoxy) is 1. The van der Waals surface area contributed by atoms with Gasteiger partial charge in [-0.1, -0.05) is 20.8 Å². The third-order valence-electron chi connectivity index (χ3n) is 10.4. The highest BCUT2D eigenvalue weighted by atomic mass is 19.1. The van der Waals surface area contributed by atoms with Gasteiger partial charge in [0, 0.05) is 42.9 Å². The highest BCUT2D eigenvalue weighted by Gasteiger charge is 2.57. The van der Waals surface area contributed by atoms with Gasteiger partial charge >= 0.3 is 5.97 Å². The van der Waals surface area contributed by atoms with E-state index < -0.39 is 29.9 Å². The molecule has 0 radical (unpaired) electrons. The van der Waals surface area contributed by atoms with Crippen LogP contribution in [0.4, 0.5) is 10.1 Å². The number of hydrogen-bond donors (Lipinski definition) is 3. The van der Waals surface area contributed by atoms with E-state index in [1.165, 1.54) is 36.8 Å². The molecule has 43 heavy (non-hydrogen) atoms. The van der Waals surface area contributed by atoms with Crippen LogP contribution in [0, 0.1) is 34.9 Å². The fourth-order valence-corrected chi connectivity index (χ4v) is 7.59. The molecule has 1 aliphatic heterocycles. The number of aromatic carboxylic acids is 1. The molecular weight excluding hydrogens is 553 g/mol. The lowest BCUT2D eigenvalue weighted by molar-refractivity contribution is -0.161. The van der Waals surface area contributed by atoms with Gasteiger partial charge in [0.05, 0.1) is 31.9 Å². The average Bonchev–Trinajstić information content (AvgIpc) is 3.37. The molecule has 2 aromatic rings. The molecule has 2 aromatic carbocycles. The number of carbonyl (C=O) groups is 2. The summed E-state index contributed by atoms with van der Waals surface area (Å²) < 4.78 is 21.0. The van der Waals surface area contributed by atoms with Crippen LogP contribution in [-0.4, -0.2) is 73.2 Å². The van der Waals surface area contributed by atoms with Gasteiger partial charge in [-0.25, -0.2) is 9.18 Å². The number of carboxylic acid groups (broad SMARTS) is 1. The van der Waals surface area contributed by atoms with Crippen molar-refractivity contribution in [1.82, 2.24) is 10.4 Å². The van der Waals surface area contributed by atoms with Gasteiger partial charge in [0.25, 0.3) is 0 Å². The van der Waals surface area contributed by atoms with Gasteiger partial charge in [0.2, 0.25) is 5.91 Å². The first kappa shape index (κ1) is 31.2. The molecule has 3 N–H and O–H groups in total. The molecule has 3 saturated carbocycles. The Balaban J connectivity index is 1.45. The van der Waals surface area contributed by atoms with Crippen LogP contribution in [0.3, 0.4) is 0 Å². The summed E-state index contributed by atoms with van der Waals surface area (Å²) in [6, 6.07) is 6.72. The Bertz CT molecular complexity index is 1390. The van der Waals surface area contributed by atoms with Crippen LogP contribution in [0.2, 0.25) is 0 Å². The molecule has 0 spiro atoms. The number of carbonyl (C=O) groups excluding carboxylic acids is 1. The molecule has 9 nitrogen and oxygen atoms in total. The van der Waals surface area contributed by atoms with Crippen molar-refractivity contribution >= 4 is 17.6 Å². The molecule has 10 heteroatoms. The Morgan fingerprint density at radius 2 is 1.93 bits per heavy atom. The monoisotopic (exact) mass is 597 g/mol. The third-order valence-corrected chi connectivity index (χ3v) is 10.4. The lowest BCUT2D eigenvalue weighted by Crippen LogP contribution is -2.62. The van der Waals surface area contributed by atoms with E-state index in [-0.39, 0.29) is 36.1 Å². The standard InChI is InChI=1S/C33H44FN3O6/c1-17-27-12-22(33(27,3)4)13-28(17)35-31(39)29-26(18(2)38)16-43-37(29)15-21-9-23(34)14-25(30(21)42-7)19-8-20(32(40)41)11-24(10-19)36(5)6/h8-11,14,17-18,22,26-29,38H,12-13,15-16H2,1-7H3,(H,35,39)(H,40,41)/t17-,18-,22+,26-,27-,28-,29-/m0/s1. The lowest BCUT2D eigenvalue weighted by atomic mass is 9.45. The number of nitrogens with one attached hydrogen (secondary N) is 1. The Morgan fingerprint density at radius 1 is 1.21 bits per heavy atom. The molecule has 234 valence electrons. The van der Waals surface area contributed by atoms with Crippen LogP contribution in [0.15, 0.2) is 30.3 Å². The van der Waals surface area contributed by atoms with Crippen molar-refractivity contribution in [3.05, 3.63) is 47.3 Å². The number of benzene rings is 2. The van der Waals surface area contributed by atoms with E-state index in [9.17, 15) is 19.8 Å². The minimum atomic E-state index is -1.10. The van der Waals surface area contributed by atoms with E-state index >= 15 is 4.39 Å². The van der Waals surface area contributed by atoms with Gasteiger partial charge in [0.1, 0.15) is 17.6 Å². The van der Waals surface area contributed by atoms with E-state index in [4.69, 9.17) is 9.57 Å². The van der Waals surface area contributed by atoms with Gasteiger partial charge < -0.3 is 25.2 Å². The summed E-state index contributed by atoms with van der Waals surface area (Å²) in [7, 11) is 5.07. The normalized spacial score (nSPS) is 28.6. The van der Waals surface area contributed by atoms with Crippen molar-refractivity contribution in [2.75, 3.05) is 32.7 Å². The second kappa shape index (κ2) is 11.7. The number of carboxylic acids is 1. The number of amides is 1. The molecule has 2 bridgehead atoms. The van der Waals surface area contributed by atoms with Gasteiger partial charge in [-0.15, -0.1) is 0 Å². The predicted molar refractivity (Wildman–Crippen MR) is 161 cm³/mol. The predicted octanol–water partition coefficient (Wildman–Crippen LogP) is 4.57. The number of hydrogen-bond acceptors (Lipinski definition) is 7. The van der Waals surface area contributed by atoms with E-state index in [1.54, 1.807) is 38.1 Å². The average molecular weight is 598 g/mol. The molecular formula is C33H44FN3O6. The van der Waals surface area contributed by atoms with Crippen LogP contribution < -0.4 is 15.0 Å². The maximum absolute atomic E-state index is 15.2. The summed E-state index contributed by atoms with van der Waals surface area (Å²) in [4.78, 5) is 33.5. The molecule has 4 aliphatic rings. The number of aliphatic hydroxyl groups is 1. The van der Waals surface area contributed by atoms with E-state index in [0.717, 1.165) is 6.42 Å². The van der Waals surface area contributed by atoms with Gasteiger partial charge in [-0.2, -0.15) is 5.06 Å². The zero-order valence-corrected chi connectivity index (χ0v) is 26.1. The highest BCUT2D eigenvalue weighted by Crippen LogP contribution is 2.61. The van der Waals surface area contributed by atoms with Crippen molar-refractivity contribution in [3.8, 4) is 16.9 Å². The van der Waals surface area contributed by atoms with Crippen LogP contribution in [-0.2, 0) is 16.2 Å². The number of rotatable bonds is 9. The van der Waals surface area contributed by atoms with Crippen LogP contribution >= 0.6 is 0 Å². The number of methoxy groups -OCH3 is 1. The van der Waals surface area contributed by atoms with Crippen LogP contribution in [0.25, 0.3) is 11.1 Å². The first-order valence-electron chi connectivity index (χ1n) is 15.0. The Morgan fingerprint density at radius 3 is 2.51 bits per heavy atom. The topological polar surface area (TPSA) is 112 Å². The summed E-state index contributed by atoms with van der Waals surface area (Å²) >= 11 is 0. The summed E-state index contributed by atoms with van der Waals surface area (Å²) in [5.74, 6) is -0.504. The number of anilines is 1. The molecule has 6 rings (SSSR count). The maximum Gasteiger partial charge on any atom is 0.335 e. The van der Waals surface area contributed by atoms with E-state index in [1.807, 2.05) is 0 Å². The van der Waals surface area contributed by atoms with Gasteiger partial charge in [0.15, 0.2) is 0 Å². The van der Waals surface area contributed by atoms with E-state index in [0.29, 0.717) is 45.9 Å². The molecule has 3 aliphatic carbocycles. The SMILES string of the molecule is COc1c(CN2OC[C@@H]([C@H](C)O)[C@H]2C(=O)N[C@H]2C[C@H]3C[C@@H]([C@@H]2C)C3(C)C)cc(F)cc1-c1cc(C(=O)O)cc(N(C)C)c1. The molecule has 1 amide bonds. The largest absolute Gasteiger partial charge is 0.496 e. The number of fused-ring (bicyclic) bond motifs is 2. The first-order valence-corrected chi connectivity index (χ1v) is 15.0. The second-order valence-corrected chi connectivity index (χ2v) is 13.4. The molecule has 0 aromatic heterocycles. The van der Waals surface area contributed by atoms with Crippen molar-refractivity contribution in [2.24, 2.45) is 29.1 Å². The molecule has 0 unspecified atom stereocenters. The fraction of sp³-hybridized carbons (Fsp3) is 0.576. The number of hydroxylamine groups is 2. The first-order chi connectivity index (χ1) is 20.2. The van der Waals surface area contributed by atoms with Crippen LogP contribution in [0.5, 0.6) is 5.75 Å². The quantitative estimate of drug-likeness (QED) is 0.386. The van der Waals surface area contributed by atoms with Crippen molar-refractivity contribution in [1.29, 1.82) is 0 Å². The Hall–Kier alpha value is -3.21. The number of halogens is 1. The minimum absolute atomic E-state index is 0.0207. The Labute approximate surface area is 252 Å². The Kier molecular flexibility index (Phi) is 8.50. The van der Waals surface area contributed by atoms with E-state index in [2.05, 4.69) is 26.1 Å². The lowest BCUT2D eigenvalue weighted by Gasteiger charge is -2.62.